The molecule has 4 nitrogen and oxygen atoms in total. The van der Waals surface area contributed by atoms with Crippen LogP contribution in [-0.2, 0) is 4.74 Å². The maximum Gasteiger partial charge on any atom is 0.410 e. The van der Waals surface area contributed by atoms with Gasteiger partial charge in [-0.25, -0.2) is 4.79 Å². The number of piperidine rings is 1. The lowest BCUT2D eigenvalue weighted by Gasteiger charge is -2.41. The van der Waals surface area contributed by atoms with E-state index in [1.807, 2.05) is 39.1 Å². The number of ether oxygens (including phenoxy) is 1. The molecule has 0 aromatic carbocycles. The van der Waals surface area contributed by atoms with Gasteiger partial charge in [-0.3, -0.25) is 4.79 Å². The van der Waals surface area contributed by atoms with Crippen molar-refractivity contribution in [1.82, 2.24) is 4.90 Å². The van der Waals surface area contributed by atoms with Gasteiger partial charge in [-0.1, -0.05) is 0 Å². The molecule has 1 aliphatic rings. The molecule has 1 saturated heterocycles. The van der Waals surface area contributed by atoms with Crippen molar-refractivity contribution in [2.24, 2.45) is 0 Å². The monoisotopic (exact) mass is 401 g/mol. The molecule has 2 atom stereocenters. The quantitative estimate of drug-likeness (QED) is 0.648. The molecule has 2 unspecified atom stereocenters. The average molecular weight is 402 g/mol. The third kappa shape index (κ3) is 5.05. The van der Waals surface area contributed by atoms with E-state index in [4.69, 9.17) is 4.74 Å². The zero-order valence-electron chi connectivity index (χ0n) is 14.1. The second-order valence-corrected chi connectivity index (χ2v) is 8.90. The number of Topliss-reactive ketones (excluding diaryl/α,β-unsaturated/α-hetero) is 1. The molecule has 0 spiro atoms. The van der Waals surface area contributed by atoms with Crippen LogP contribution in [0.3, 0.4) is 0 Å². The molecule has 1 aliphatic heterocycles. The third-order valence-electron chi connectivity index (χ3n) is 3.90. The highest BCUT2D eigenvalue weighted by atomic mass is 79.9. The number of rotatable bonds is 3. The van der Waals surface area contributed by atoms with Crippen molar-refractivity contribution in [1.29, 1.82) is 0 Å². The maximum atomic E-state index is 12.5. The van der Waals surface area contributed by atoms with Crippen molar-refractivity contribution in [2.45, 2.75) is 71.1 Å². The first-order chi connectivity index (χ1) is 10.7. The van der Waals surface area contributed by atoms with E-state index in [9.17, 15) is 9.59 Å². The number of hydrogen-bond acceptors (Lipinski definition) is 4. The van der Waals surface area contributed by atoms with Gasteiger partial charge in [0.2, 0.25) is 0 Å². The van der Waals surface area contributed by atoms with E-state index >= 15 is 0 Å². The summed E-state index contributed by atoms with van der Waals surface area (Å²) >= 11 is 4.81. The highest BCUT2D eigenvalue weighted by Crippen LogP contribution is 2.29. The summed E-state index contributed by atoms with van der Waals surface area (Å²) in [6.07, 6.45) is 2.88. The van der Waals surface area contributed by atoms with Crippen LogP contribution in [0.5, 0.6) is 0 Å². The number of ketones is 1. The van der Waals surface area contributed by atoms with Crippen LogP contribution < -0.4 is 0 Å². The summed E-state index contributed by atoms with van der Waals surface area (Å²) in [7, 11) is 0. The van der Waals surface area contributed by atoms with Crippen LogP contribution in [0.2, 0.25) is 0 Å². The fourth-order valence-electron chi connectivity index (χ4n) is 2.90. The number of hydrogen-bond donors (Lipinski definition) is 0. The molecule has 0 saturated carbocycles. The van der Waals surface area contributed by atoms with Gasteiger partial charge in [0.25, 0.3) is 0 Å². The molecular weight excluding hydrogens is 378 g/mol. The van der Waals surface area contributed by atoms with Gasteiger partial charge >= 0.3 is 6.09 Å². The minimum atomic E-state index is -0.526. The molecule has 2 heterocycles. The third-order valence-corrected chi connectivity index (χ3v) is 5.63. The van der Waals surface area contributed by atoms with E-state index in [2.05, 4.69) is 15.9 Å². The van der Waals surface area contributed by atoms with E-state index in [1.54, 1.807) is 4.90 Å². The lowest BCUT2D eigenvalue weighted by Crippen LogP contribution is -2.51. The Hall–Kier alpha value is -0.880. The average Bonchev–Trinajstić information content (AvgIpc) is 2.83. The number of nitrogens with zero attached hydrogens (tertiary/aromatic N) is 1. The Labute approximate surface area is 150 Å². The highest BCUT2D eigenvalue weighted by molar-refractivity contribution is 9.10. The minimum Gasteiger partial charge on any atom is -0.444 e. The van der Waals surface area contributed by atoms with E-state index in [0.717, 1.165) is 28.6 Å². The fraction of sp³-hybridized carbons (Fsp3) is 0.647. The molecule has 1 fully saturated rings. The first-order valence-corrected chi connectivity index (χ1v) is 9.63. The largest absolute Gasteiger partial charge is 0.444 e. The lowest BCUT2D eigenvalue weighted by atomic mass is 9.93. The number of halogens is 1. The molecule has 1 aromatic rings. The minimum absolute atomic E-state index is 0.0815. The molecule has 128 valence electrons. The Bertz CT molecular complexity index is 579. The Morgan fingerprint density at radius 2 is 2.09 bits per heavy atom. The van der Waals surface area contributed by atoms with Crippen LogP contribution in [0.4, 0.5) is 4.79 Å². The van der Waals surface area contributed by atoms with Crippen molar-refractivity contribution >= 4 is 39.1 Å². The predicted octanol–water partition coefficient (Wildman–Crippen LogP) is 5.26. The number of likely N-dealkylation sites (tertiary alicyclic amines) is 1. The SMILES string of the molecule is CC1CCCC(CC(=O)c2cc(Br)cs2)N1C(=O)OC(C)(C)C. The van der Waals surface area contributed by atoms with Crippen molar-refractivity contribution in [2.75, 3.05) is 0 Å². The van der Waals surface area contributed by atoms with Gasteiger partial charge in [0.05, 0.1) is 4.88 Å². The van der Waals surface area contributed by atoms with Crippen LogP contribution in [-0.4, -0.2) is 34.5 Å². The predicted molar refractivity (Wildman–Crippen MR) is 96.1 cm³/mol. The molecule has 0 N–H and O–H groups in total. The van der Waals surface area contributed by atoms with Gasteiger partial charge in [0.1, 0.15) is 5.60 Å². The Kier molecular flexibility index (Phi) is 5.89. The Morgan fingerprint density at radius 3 is 2.65 bits per heavy atom. The standard InChI is InChI=1S/C17H24BrNO3S/c1-11-6-5-7-13(19(11)16(21)22-17(2,3)4)9-14(20)15-8-12(18)10-23-15/h8,10-11,13H,5-7,9H2,1-4H3. The first kappa shape index (κ1) is 18.5. The molecule has 0 bridgehead atoms. The van der Waals surface area contributed by atoms with Crippen LogP contribution >= 0.6 is 27.3 Å². The summed E-state index contributed by atoms with van der Waals surface area (Å²) in [6.45, 7) is 7.62. The molecular formula is C17H24BrNO3S. The van der Waals surface area contributed by atoms with Gasteiger partial charge in [-0.15, -0.1) is 11.3 Å². The zero-order chi connectivity index (χ0) is 17.2. The van der Waals surface area contributed by atoms with Crippen LogP contribution in [0, 0.1) is 0 Å². The second kappa shape index (κ2) is 7.34. The highest BCUT2D eigenvalue weighted by Gasteiger charge is 2.36. The van der Waals surface area contributed by atoms with Crippen LogP contribution in [0.1, 0.15) is 63.0 Å². The topological polar surface area (TPSA) is 46.6 Å². The fourth-order valence-corrected chi connectivity index (χ4v) is 4.28. The number of carbonyl (C=O) groups excluding carboxylic acids is 2. The maximum absolute atomic E-state index is 12.5. The van der Waals surface area contributed by atoms with Gasteiger partial charge in [0.15, 0.2) is 5.78 Å². The van der Waals surface area contributed by atoms with Crippen molar-refractivity contribution in [3.05, 3.63) is 20.8 Å². The Morgan fingerprint density at radius 1 is 1.39 bits per heavy atom. The normalized spacial score (nSPS) is 22.0. The molecule has 1 aromatic heterocycles. The van der Waals surface area contributed by atoms with Gasteiger partial charge < -0.3 is 9.64 Å². The van der Waals surface area contributed by atoms with Gasteiger partial charge in [0, 0.05) is 28.4 Å². The van der Waals surface area contributed by atoms with Crippen molar-refractivity contribution in [3.8, 4) is 0 Å². The van der Waals surface area contributed by atoms with E-state index in [-0.39, 0.29) is 24.0 Å². The molecule has 2 rings (SSSR count). The van der Waals surface area contributed by atoms with Crippen LogP contribution in [0.25, 0.3) is 0 Å². The smallest absolute Gasteiger partial charge is 0.410 e. The lowest BCUT2D eigenvalue weighted by molar-refractivity contribution is -0.00303. The van der Waals surface area contributed by atoms with Gasteiger partial charge in [-0.2, -0.15) is 0 Å². The summed E-state index contributed by atoms with van der Waals surface area (Å²) in [6, 6.07) is 1.87. The first-order valence-electron chi connectivity index (χ1n) is 7.96. The van der Waals surface area contributed by atoms with E-state index < -0.39 is 5.60 Å². The van der Waals surface area contributed by atoms with E-state index in [0.29, 0.717) is 6.42 Å². The second-order valence-electron chi connectivity index (χ2n) is 7.08. The summed E-state index contributed by atoms with van der Waals surface area (Å²) in [5.41, 5.74) is -0.526. The molecule has 1 amide bonds. The van der Waals surface area contributed by atoms with E-state index in [1.165, 1.54) is 11.3 Å². The number of amides is 1. The Balaban J connectivity index is 2.10. The van der Waals surface area contributed by atoms with Gasteiger partial charge in [-0.05, 0) is 69.0 Å². The van der Waals surface area contributed by atoms with Crippen LogP contribution in [0.15, 0.2) is 15.9 Å². The number of carbonyl (C=O) groups is 2. The molecule has 23 heavy (non-hydrogen) atoms. The summed E-state index contributed by atoms with van der Waals surface area (Å²) < 4.78 is 6.46. The van der Waals surface area contributed by atoms with Crippen molar-refractivity contribution < 1.29 is 14.3 Å². The summed E-state index contributed by atoms with van der Waals surface area (Å²) in [5.74, 6) is 0.0911. The molecule has 6 heteroatoms. The summed E-state index contributed by atoms with van der Waals surface area (Å²) in [5, 5.41) is 1.91. The zero-order valence-corrected chi connectivity index (χ0v) is 16.5. The molecule has 0 radical (unpaired) electrons. The number of thiophene rings is 1. The summed E-state index contributed by atoms with van der Waals surface area (Å²) in [4.78, 5) is 27.5. The van der Waals surface area contributed by atoms with Crippen molar-refractivity contribution in [3.63, 3.8) is 0 Å². The molecule has 0 aliphatic carbocycles.